The predicted octanol–water partition coefficient (Wildman–Crippen LogP) is 1.74. The van der Waals surface area contributed by atoms with E-state index in [0.717, 1.165) is 18.6 Å². The van der Waals surface area contributed by atoms with Crippen LogP contribution in [-0.2, 0) is 5.75 Å². The maximum Gasteiger partial charge on any atom is 0.0308 e. The monoisotopic (exact) mass is 251 g/mol. The van der Waals surface area contributed by atoms with E-state index in [9.17, 15) is 0 Å². The number of rotatable bonds is 5. The molecule has 1 aliphatic rings. The van der Waals surface area contributed by atoms with Gasteiger partial charge in [0.05, 0.1) is 0 Å². The first kappa shape index (κ1) is 12.9. The van der Waals surface area contributed by atoms with Crippen molar-refractivity contribution >= 4 is 11.8 Å². The van der Waals surface area contributed by atoms with Crippen LogP contribution in [0.4, 0.5) is 0 Å². The minimum atomic E-state index is 0.439. The summed E-state index contributed by atoms with van der Waals surface area (Å²) < 4.78 is 0. The number of nitrogens with zero attached hydrogens (tertiary/aromatic N) is 2. The number of piperidine rings is 1. The molecule has 1 fully saturated rings. The number of hydrogen-bond donors (Lipinski definition) is 1. The molecule has 0 aromatic carbocycles. The lowest BCUT2D eigenvalue weighted by Crippen LogP contribution is -2.40. The lowest BCUT2D eigenvalue weighted by atomic mass is 10.1. The molecule has 0 aliphatic carbocycles. The molecule has 2 heterocycles. The van der Waals surface area contributed by atoms with Crippen molar-refractivity contribution in [3.63, 3.8) is 0 Å². The second-order valence-corrected chi connectivity index (χ2v) is 5.70. The lowest BCUT2D eigenvalue weighted by molar-refractivity contribution is 0.225. The fourth-order valence-electron chi connectivity index (χ4n) is 2.04. The average molecular weight is 251 g/mol. The van der Waals surface area contributed by atoms with Gasteiger partial charge in [-0.15, -0.1) is 0 Å². The van der Waals surface area contributed by atoms with E-state index in [0.29, 0.717) is 6.04 Å². The first-order valence-electron chi connectivity index (χ1n) is 6.29. The molecule has 0 amide bonds. The van der Waals surface area contributed by atoms with Gasteiger partial charge in [-0.2, -0.15) is 11.8 Å². The highest BCUT2D eigenvalue weighted by molar-refractivity contribution is 7.98. The number of likely N-dealkylation sites (tertiary alicyclic amines) is 1. The Balaban J connectivity index is 1.57. The fourth-order valence-corrected chi connectivity index (χ4v) is 2.98. The van der Waals surface area contributed by atoms with Gasteiger partial charge in [-0.3, -0.25) is 4.98 Å². The summed E-state index contributed by atoms with van der Waals surface area (Å²) in [5, 5.41) is 0. The molecule has 2 N–H and O–H groups in total. The van der Waals surface area contributed by atoms with Crippen LogP contribution in [0.5, 0.6) is 0 Å². The Bertz CT molecular complexity index is 310. The molecule has 3 nitrogen and oxygen atoms in total. The van der Waals surface area contributed by atoms with Crippen LogP contribution in [0, 0.1) is 0 Å². The van der Waals surface area contributed by atoms with Crippen molar-refractivity contribution in [3.8, 4) is 0 Å². The van der Waals surface area contributed by atoms with Gasteiger partial charge in [0.15, 0.2) is 0 Å². The molecule has 17 heavy (non-hydrogen) atoms. The second-order valence-electron chi connectivity index (χ2n) is 4.59. The third kappa shape index (κ3) is 4.66. The minimum absolute atomic E-state index is 0.439. The standard InChI is InChI=1S/C13H21N3S/c14-13-3-6-16(7-4-13)8-9-17-11-12-2-1-5-15-10-12/h1-2,5,10,13H,3-4,6-9,11,14H2. The molecule has 1 saturated heterocycles. The van der Waals surface area contributed by atoms with Gasteiger partial charge >= 0.3 is 0 Å². The van der Waals surface area contributed by atoms with E-state index in [-0.39, 0.29) is 0 Å². The Morgan fingerprint density at radius 1 is 1.41 bits per heavy atom. The maximum atomic E-state index is 5.89. The number of nitrogens with two attached hydrogens (primary N) is 1. The van der Waals surface area contributed by atoms with E-state index in [1.54, 1.807) is 0 Å². The second kappa shape index (κ2) is 6.99. The van der Waals surface area contributed by atoms with Gasteiger partial charge in [-0.1, -0.05) is 6.07 Å². The summed E-state index contributed by atoms with van der Waals surface area (Å²) in [6.07, 6.45) is 6.10. The largest absolute Gasteiger partial charge is 0.328 e. The highest BCUT2D eigenvalue weighted by Crippen LogP contribution is 2.13. The van der Waals surface area contributed by atoms with Gasteiger partial charge < -0.3 is 10.6 Å². The molecular formula is C13H21N3S. The van der Waals surface area contributed by atoms with E-state index in [2.05, 4.69) is 16.0 Å². The summed E-state index contributed by atoms with van der Waals surface area (Å²) in [6.45, 7) is 3.54. The van der Waals surface area contributed by atoms with Gasteiger partial charge in [0, 0.05) is 36.5 Å². The zero-order chi connectivity index (χ0) is 11.9. The molecule has 1 aromatic heterocycles. The van der Waals surface area contributed by atoms with E-state index < -0.39 is 0 Å². The predicted molar refractivity (Wildman–Crippen MR) is 74.0 cm³/mol. The van der Waals surface area contributed by atoms with Crippen molar-refractivity contribution in [2.75, 3.05) is 25.4 Å². The highest BCUT2D eigenvalue weighted by Gasteiger charge is 2.14. The van der Waals surface area contributed by atoms with E-state index in [4.69, 9.17) is 5.73 Å². The van der Waals surface area contributed by atoms with Crippen LogP contribution in [0.1, 0.15) is 18.4 Å². The third-order valence-corrected chi connectivity index (χ3v) is 4.18. The topological polar surface area (TPSA) is 42.1 Å². The van der Waals surface area contributed by atoms with Crippen molar-refractivity contribution in [1.29, 1.82) is 0 Å². The molecule has 1 aromatic rings. The molecule has 0 bridgehead atoms. The first-order valence-corrected chi connectivity index (χ1v) is 7.44. The average Bonchev–Trinajstić information content (AvgIpc) is 2.38. The summed E-state index contributed by atoms with van der Waals surface area (Å²) in [5.74, 6) is 2.27. The molecule has 4 heteroatoms. The van der Waals surface area contributed by atoms with Crippen molar-refractivity contribution in [1.82, 2.24) is 9.88 Å². The van der Waals surface area contributed by atoms with Crippen LogP contribution >= 0.6 is 11.8 Å². The van der Waals surface area contributed by atoms with E-state index in [1.807, 2.05) is 30.2 Å². The Morgan fingerprint density at radius 3 is 2.94 bits per heavy atom. The molecule has 0 unspecified atom stereocenters. The third-order valence-electron chi connectivity index (χ3n) is 3.18. The number of aromatic nitrogens is 1. The van der Waals surface area contributed by atoms with Crippen molar-refractivity contribution in [2.45, 2.75) is 24.6 Å². The van der Waals surface area contributed by atoms with Gasteiger partial charge in [0.2, 0.25) is 0 Å². The summed E-state index contributed by atoms with van der Waals surface area (Å²) >= 11 is 1.99. The summed E-state index contributed by atoms with van der Waals surface area (Å²) in [4.78, 5) is 6.65. The number of pyridine rings is 1. The van der Waals surface area contributed by atoms with Crippen LogP contribution in [0.3, 0.4) is 0 Å². The maximum absolute atomic E-state index is 5.89. The van der Waals surface area contributed by atoms with Crippen LogP contribution in [-0.4, -0.2) is 41.3 Å². The van der Waals surface area contributed by atoms with Crippen molar-refractivity contribution in [3.05, 3.63) is 30.1 Å². The molecule has 0 spiro atoms. The van der Waals surface area contributed by atoms with Gasteiger partial charge in [-0.25, -0.2) is 0 Å². The van der Waals surface area contributed by atoms with Crippen LogP contribution in [0.15, 0.2) is 24.5 Å². The summed E-state index contributed by atoms with van der Waals surface area (Å²) in [7, 11) is 0. The van der Waals surface area contributed by atoms with E-state index in [1.165, 1.54) is 31.0 Å². The van der Waals surface area contributed by atoms with Crippen molar-refractivity contribution < 1.29 is 0 Å². The quantitative estimate of drug-likeness (QED) is 0.809. The zero-order valence-electron chi connectivity index (χ0n) is 10.2. The number of thioether (sulfide) groups is 1. The minimum Gasteiger partial charge on any atom is -0.328 e. The SMILES string of the molecule is NC1CCN(CCSCc2cccnc2)CC1. The molecule has 0 atom stereocenters. The van der Waals surface area contributed by atoms with Crippen LogP contribution < -0.4 is 5.73 Å². The van der Waals surface area contributed by atoms with Crippen LogP contribution in [0.25, 0.3) is 0 Å². The fraction of sp³-hybridized carbons (Fsp3) is 0.615. The smallest absolute Gasteiger partial charge is 0.0308 e. The Kier molecular flexibility index (Phi) is 5.29. The lowest BCUT2D eigenvalue weighted by Gasteiger charge is -2.29. The normalized spacial score (nSPS) is 18.4. The molecule has 2 rings (SSSR count). The Morgan fingerprint density at radius 2 is 2.24 bits per heavy atom. The van der Waals surface area contributed by atoms with Crippen molar-refractivity contribution in [2.24, 2.45) is 5.73 Å². The molecule has 0 radical (unpaired) electrons. The zero-order valence-corrected chi connectivity index (χ0v) is 11.0. The molecule has 0 saturated carbocycles. The van der Waals surface area contributed by atoms with Gasteiger partial charge in [0.25, 0.3) is 0 Å². The number of hydrogen-bond acceptors (Lipinski definition) is 4. The highest BCUT2D eigenvalue weighted by atomic mass is 32.2. The Labute approximate surface area is 108 Å². The first-order chi connectivity index (χ1) is 8.34. The summed E-state index contributed by atoms with van der Waals surface area (Å²) in [6, 6.07) is 4.58. The summed E-state index contributed by atoms with van der Waals surface area (Å²) in [5.41, 5.74) is 7.21. The Hall–Kier alpha value is -0.580. The van der Waals surface area contributed by atoms with Gasteiger partial charge in [0.1, 0.15) is 0 Å². The molecule has 94 valence electrons. The van der Waals surface area contributed by atoms with Gasteiger partial charge in [-0.05, 0) is 37.6 Å². The van der Waals surface area contributed by atoms with E-state index >= 15 is 0 Å². The molecular weight excluding hydrogens is 230 g/mol. The molecule has 1 aliphatic heterocycles. The van der Waals surface area contributed by atoms with Crippen LogP contribution in [0.2, 0.25) is 0 Å².